The summed E-state index contributed by atoms with van der Waals surface area (Å²) < 4.78 is 0. The topological polar surface area (TPSA) is 154 Å². The van der Waals surface area contributed by atoms with Gasteiger partial charge in [-0.15, -0.1) is 0 Å². The van der Waals surface area contributed by atoms with E-state index in [9.17, 15) is 25.0 Å². The van der Waals surface area contributed by atoms with Crippen LogP contribution in [0.1, 0.15) is 10.4 Å². The molecule has 0 spiro atoms. The number of anilines is 2. The van der Waals surface area contributed by atoms with Crippen molar-refractivity contribution in [2.45, 2.75) is 0 Å². The van der Waals surface area contributed by atoms with Crippen LogP contribution < -0.4 is 11.1 Å². The average molecular weight is 338 g/mol. The molecule has 2 aromatic rings. The maximum absolute atomic E-state index is 12.1. The van der Waals surface area contributed by atoms with Crippen LogP contribution in [0, 0.1) is 20.2 Å². The van der Waals surface area contributed by atoms with Crippen LogP contribution in [0.25, 0.3) is 0 Å². The molecule has 0 bridgehead atoms. The summed E-state index contributed by atoms with van der Waals surface area (Å²) in [6.07, 6.45) is 1.27. The molecule has 1 aromatic heterocycles. The summed E-state index contributed by atoms with van der Waals surface area (Å²) in [5.41, 5.74) is 4.21. The number of carbonyl (C=O) groups is 1. The number of hydrogen-bond donors (Lipinski definition) is 2. The highest BCUT2D eigenvalue weighted by Crippen LogP contribution is 2.25. The summed E-state index contributed by atoms with van der Waals surface area (Å²) in [7, 11) is 0. The molecule has 10 nitrogen and oxygen atoms in total. The lowest BCUT2D eigenvalue weighted by molar-refractivity contribution is -0.394. The van der Waals surface area contributed by atoms with Crippen molar-refractivity contribution in [2.24, 2.45) is 0 Å². The number of nitrogen functional groups attached to an aromatic ring is 1. The molecule has 0 aliphatic heterocycles. The van der Waals surface area contributed by atoms with E-state index in [1.807, 2.05) is 0 Å². The minimum Gasteiger partial charge on any atom is -0.382 e. The van der Waals surface area contributed by atoms with Gasteiger partial charge in [-0.3, -0.25) is 25.0 Å². The van der Waals surface area contributed by atoms with E-state index < -0.39 is 27.1 Å². The quantitative estimate of drug-likeness (QED) is 0.640. The first-order valence-corrected chi connectivity index (χ1v) is 6.32. The zero-order valence-corrected chi connectivity index (χ0v) is 12.0. The molecule has 11 heteroatoms. The fourth-order valence-electron chi connectivity index (χ4n) is 1.68. The molecule has 0 saturated carbocycles. The van der Waals surface area contributed by atoms with Gasteiger partial charge in [-0.25, -0.2) is 4.98 Å². The van der Waals surface area contributed by atoms with Crippen LogP contribution in [0.15, 0.2) is 30.5 Å². The van der Waals surface area contributed by atoms with Crippen molar-refractivity contribution in [3.05, 3.63) is 61.3 Å². The number of nitro groups is 2. The fourth-order valence-corrected chi connectivity index (χ4v) is 1.84. The predicted octanol–water partition coefficient (Wildman–Crippen LogP) is 2.39. The first kappa shape index (κ1) is 16.1. The molecular weight excluding hydrogens is 330 g/mol. The molecular formula is C12H8ClN5O5. The number of rotatable bonds is 4. The van der Waals surface area contributed by atoms with Gasteiger partial charge in [0.25, 0.3) is 17.3 Å². The van der Waals surface area contributed by atoms with Gasteiger partial charge in [0.1, 0.15) is 5.82 Å². The number of pyridine rings is 1. The molecule has 1 aromatic carbocycles. The van der Waals surface area contributed by atoms with Gasteiger partial charge in [0.2, 0.25) is 0 Å². The third-order valence-corrected chi connectivity index (χ3v) is 2.93. The van der Waals surface area contributed by atoms with Gasteiger partial charge in [0, 0.05) is 18.3 Å². The van der Waals surface area contributed by atoms with Crippen molar-refractivity contribution in [3.8, 4) is 0 Å². The lowest BCUT2D eigenvalue weighted by Crippen LogP contribution is -2.14. The first-order valence-electron chi connectivity index (χ1n) is 5.94. The van der Waals surface area contributed by atoms with Gasteiger partial charge in [0.15, 0.2) is 0 Å². The highest BCUT2D eigenvalue weighted by molar-refractivity contribution is 6.31. The van der Waals surface area contributed by atoms with Gasteiger partial charge in [-0.05, 0) is 6.07 Å². The lowest BCUT2D eigenvalue weighted by atomic mass is 10.1. The SMILES string of the molecule is Nc1ncc(Cl)cc1NC(=O)c1cc([N+](=O)[O-])cc([N+](=O)[O-])c1. The Labute approximate surface area is 133 Å². The molecule has 0 radical (unpaired) electrons. The third-order valence-electron chi connectivity index (χ3n) is 2.72. The monoisotopic (exact) mass is 337 g/mol. The van der Waals surface area contributed by atoms with Gasteiger partial charge in [-0.1, -0.05) is 11.6 Å². The van der Waals surface area contributed by atoms with Crippen molar-refractivity contribution in [1.82, 2.24) is 4.98 Å². The van der Waals surface area contributed by atoms with Crippen LogP contribution >= 0.6 is 11.6 Å². The second-order valence-corrected chi connectivity index (χ2v) is 4.73. The van der Waals surface area contributed by atoms with E-state index >= 15 is 0 Å². The van der Waals surface area contributed by atoms with E-state index in [2.05, 4.69) is 10.3 Å². The molecule has 0 atom stereocenters. The molecule has 118 valence electrons. The van der Waals surface area contributed by atoms with Crippen molar-refractivity contribution in [2.75, 3.05) is 11.1 Å². The Morgan fingerprint density at radius 1 is 1.13 bits per heavy atom. The number of nitrogens with one attached hydrogen (secondary N) is 1. The number of carbonyl (C=O) groups excluding carboxylic acids is 1. The third kappa shape index (κ3) is 3.68. The van der Waals surface area contributed by atoms with Crippen LogP contribution in [-0.4, -0.2) is 20.7 Å². The molecule has 0 unspecified atom stereocenters. The van der Waals surface area contributed by atoms with Crippen LogP contribution in [0.2, 0.25) is 5.02 Å². The number of non-ortho nitro benzene ring substituents is 2. The Balaban J connectivity index is 2.40. The summed E-state index contributed by atoms with van der Waals surface area (Å²) in [5, 5.41) is 24.2. The summed E-state index contributed by atoms with van der Waals surface area (Å²) in [6, 6.07) is 3.91. The summed E-state index contributed by atoms with van der Waals surface area (Å²) >= 11 is 5.73. The first-order chi connectivity index (χ1) is 10.8. The number of amides is 1. The zero-order chi connectivity index (χ0) is 17.1. The molecule has 1 amide bonds. The number of halogens is 1. The van der Waals surface area contributed by atoms with Crippen LogP contribution in [0.4, 0.5) is 22.9 Å². The largest absolute Gasteiger partial charge is 0.382 e. The Morgan fingerprint density at radius 3 is 2.22 bits per heavy atom. The Bertz CT molecular complexity index is 793. The smallest absolute Gasteiger partial charge is 0.277 e. The molecule has 23 heavy (non-hydrogen) atoms. The Morgan fingerprint density at radius 2 is 1.70 bits per heavy atom. The highest BCUT2D eigenvalue weighted by Gasteiger charge is 2.20. The van der Waals surface area contributed by atoms with E-state index in [1.54, 1.807) is 0 Å². The number of nitrogens with two attached hydrogens (primary N) is 1. The van der Waals surface area contributed by atoms with Crippen LogP contribution in [0.3, 0.4) is 0 Å². The number of hydrogen-bond acceptors (Lipinski definition) is 7. The summed E-state index contributed by atoms with van der Waals surface area (Å²) in [6.45, 7) is 0. The number of nitrogens with zero attached hydrogens (tertiary/aromatic N) is 3. The van der Waals surface area contributed by atoms with E-state index in [4.69, 9.17) is 17.3 Å². The normalized spacial score (nSPS) is 10.1. The van der Waals surface area contributed by atoms with Gasteiger partial charge >= 0.3 is 0 Å². The van der Waals surface area contributed by atoms with Gasteiger partial charge in [-0.2, -0.15) is 0 Å². The molecule has 0 aliphatic carbocycles. The van der Waals surface area contributed by atoms with Crippen molar-refractivity contribution >= 4 is 40.4 Å². The molecule has 2 rings (SSSR count). The second-order valence-electron chi connectivity index (χ2n) is 4.29. The molecule has 1 heterocycles. The number of aromatic nitrogens is 1. The zero-order valence-electron chi connectivity index (χ0n) is 11.2. The van der Waals surface area contributed by atoms with E-state index in [-0.39, 0.29) is 22.1 Å². The highest BCUT2D eigenvalue weighted by atomic mass is 35.5. The van der Waals surface area contributed by atoms with Crippen molar-refractivity contribution in [1.29, 1.82) is 0 Å². The molecule has 0 saturated heterocycles. The Kier molecular flexibility index (Phi) is 4.37. The van der Waals surface area contributed by atoms with Crippen LogP contribution in [-0.2, 0) is 0 Å². The van der Waals surface area contributed by atoms with Crippen molar-refractivity contribution < 1.29 is 14.6 Å². The number of nitro benzene ring substituents is 2. The van der Waals surface area contributed by atoms with E-state index in [1.165, 1.54) is 12.3 Å². The number of benzene rings is 1. The maximum atomic E-state index is 12.1. The van der Waals surface area contributed by atoms with Gasteiger partial charge < -0.3 is 11.1 Å². The fraction of sp³-hybridized carbons (Fsp3) is 0. The summed E-state index contributed by atoms with van der Waals surface area (Å²) in [4.78, 5) is 35.8. The lowest BCUT2D eigenvalue weighted by Gasteiger charge is -2.07. The molecule has 3 N–H and O–H groups in total. The molecule has 0 fully saturated rings. The van der Waals surface area contributed by atoms with E-state index in [0.29, 0.717) is 0 Å². The minimum absolute atomic E-state index is 0.0253. The standard InChI is InChI=1S/C12H8ClN5O5/c13-7-3-10(11(14)15-5-7)16-12(19)6-1-8(17(20)21)4-9(2-6)18(22)23/h1-5H,(H2,14,15)(H,16,19). The molecule has 0 aliphatic rings. The maximum Gasteiger partial charge on any atom is 0.277 e. The van der Waals surface area contributed by atoms with E-state index in [0.717, 1.165) is 18.2 Å². The van der Waals surface area contributed by atoms with Gasteiger partial charge in [0.05, 0.1) is 32.2 Å². The average Bonchev–Trinajstić information content (AvgIpc) is 2.50. The minimum atomic E-state index is -0.834. The summed E-state index contributed by atoms with van der Waals surface area (Å²) in [5.74, 6) is -0.852. The second kappa shape index (κ2) is 6.23. The predicted molar refractivity (Wildman–Crippen MR) is 81.4 cm³/mol. The van der Waals surface area contributed by atoms with Crippen LogP contribution in [0.5, 0.6) is 0 Å². The Hall–Kier alpha value is -3.27. The van der Waals surface area contributed by atoms with Crippen molar-refractivity contribution in [3.63, 3.8) is 0 Å².